The molecule has 0 saturated heterocycles. The lowest BCUT2D eigenvalue weighted by molar-refractivity contribution is -0.0587. The molecule has 3 aromatic rings. The van der Waals surface area contributed by atoms with Crippen LogP contribution in [0.1, 0.15) is 31.2 Å². The molecule has 30 heavy (non-hydrogen) atoms. The highest BCUT2D eigenvalue weighted by molar-refractivity contribution is 7.79. The van der Waals surface area contributed by atoms with Gasteiger partial charge in [0.25, 0.3) is 0 Å². The van der Waals surface area contributed by atoms with Crippen LogP contribution in [0.3, 0.4) is 0 Å². The van der Waals surface area contributed by atoms with Crippen LogP contribution < -0.4 is 15.8 Å². The molecule has 0 aliphatic heterocycles. The summed E-state index contributed by atoms with van der Waals surface area (Å²) in [6.07, 6.45) is 4.77. The fourth-order valence-corrected chi connectivity index (χ4v) is 3.51. The Morgan fingerprint density at radius 2 is 1.90 bits per heavy atom. The zero-order valence-corrected chi connectivity index (χ0v) is 17.8. The minimum atomic E-state index is -2.59. The number of nitrogens with two attached hydrogens (primary N) is 1. The second-order valence-electron chi connectivity index (χ2n) is 7.11. The maximum absolute atomic E-state index is 13.4. The average Bonchev–Trinajstić information content (AvgIpc) is 2.72. The Hall–Kier alpha value is -2.68. The van der Waals surface area contributed by atoms with Gasteiger partial charge in [-0.15, -0.1) is 0 Å². The van der Waals surface area contributed by atoms with E-state index < -0.39 is 5.92 Å². The number of thiol groups is 1. The third-order valence-electron chi connectivity index (χ3n) is 4.92. The number of alkyl halides is 2. The fourth-order valence-electron chi connectivity index (χ4n) is 3.51. The smallest absolute Gasteiger partial charge is 0.248 e. The monoisotopic (exact) mass is 433 g/mol. The maximum Gasteiger partial charge on any atom is 0.248 e. The van der Waals surface area contributed by atoms with Crippen molar-refractivity contribution in [3.8, 4) is 5.88 Å². The third kappa shape index (κ3) is 5.08. The summed E-state index contributed by atoms with van der Waals surface area (Å²) in [6, 6.07) is 7.25. The zero-order chi connectivity index (χ0) is 21.7. The molecule has 1 saturated carbocycles. The molecule has 2 aromatic heterocycles. The van der Waals surface area contributed by atoms with E-state index in [9.17, 15) is 8.78 Å². The Labute approximate surface area is 179 Å². The van der Waals surface area contributed by atoms with E-state index in [1.807, 2.05) is 19.1 Å². The molecule has 0 spiro atoms. The van der Waals surface area contributed by atoms with Crippen molar-refractivity contribution in [1.82, 2.24) is 15.0 Å². The lowest BCUT2D eigenvalue weighted by Gasteiger charge is -2.28. The van der Waals surface area contributed by atoms with E-state index in [1.165, 1.54) is 6.33 Å². The summed E-state index contributed by atoms with van der Waals surface area (Å²) in [7, 11) is 0. The first-order valence-corrected chi connectivity index (χ1v) is 10.5. The Morgan fingerprint density at radius 3 is 2.63 bits per heavy atom. The topological polar surface area (TPSA) is 86.0 Å². The number of ether oxygens (including phenoxy) is 1. The number of aromatic nitrogens is 3. The number of anilines is 3. The molecule has 6 nitrogen and oxygen atoms in total. The van der Waals surface area contributed by atoms with Crippen LogP contribution in [-0.4, -0.2) is 33.2 Å². The minimum Gasteiger partial charge on any atom is -0.473 e. The molecule has 1 aliphatic rings. The van der Waals surface area contributed by atoms with Gasteiger partial charge in [0.2, 0.25) is 11.8 Å². The van der Waals surface area contributed by atoms with E-state index in [0.717, 1.165) is 16.5 Å². The van der Waals surface area contributed by atoms with E-state index in [4.69, 9.17) is 10.5 Å². The van der Waals surface area contributed by atoms with Crippen LogP contribution in [0.4, 0.5) is 26.0 Å². The van der Waals surface area contributed by atoms with Gasteiger partial charge in [-0.25, -0.2) is 23.7 Å². The summed E-state index contributed by atoms with van der Waals surface area (Å²) < 4.78 is 32.7. The normalized spacial score (nSPS) is 15.9. The van der Waals surface area contributed by atoms with Crippen molar-refractivity contribution in [2.45, 2.75) is 44.6 Å². The Bertz CT molecular complexity index is 1010. The molecule has 2 heterocycles. The van der Waals surface area contributed by atoms with Crippen molar-refractivity contribution in [2.75, 3.05) is 17.3 Å². The molecule has 1 aromatic carbocycles. The SMILES string of the molecule is CS.Cc1cc(N)cc2ncnc(Nc3cccnc3OC3CCC(F)(F)CC3)c12. The van der Waals surface area contributed by atoms with Gasteiger partial charge in [-0.05, 0) is 55.9 Å². The number of hydrogen-bond acceptors (Lipinski definition) is 7. The number of rotatable bonds is 4. The van der Waals surface area contributed by atoms with Gasteiger partial charge in [-0.3, -0.25) is 0 Å². The molecule has 0 atom stereocenters. The maximum atomic E-state index is 13.4. The fraction of sp³-hybridized carbons (Fsp3) is 0.381. The predicted molar refractivity (Wildman–Crippen MR) is 119 cm³/mol. The lowest BCUT2D eigenvalue weighted by Crippen LogP contribution is -2.31. The molecular weight excluding hydrogens is 408 g/mol. The van der Waals surface area contributed by atoms with Gasteiger partial charge in [-0.1, -0.05) is 0 Å². The summed E-state index contributed by atoms with van der Waals surface area (Å²) in [5.74, 6) is -1.61. The van der Waals surface area contributed by atoms with Crippen LogP contribution in [0.2, 0.25) is 0 Å². The number of nitrogens with one attached hydrogen (secondary N) is 1. The zero-order valence-electron chi connectivity index (χ0n) is 16.9. The summed E-state index contributed by atoms with van der Waals surface area (Å²) >= 11 is 3.53. The minimum absolute atomic E-state index is 0.162. The number of halogens is 2. The molecule has 1 fully saturated rings. The molecule has 0 bridgehead atoms. The second-order valence-corrected chi connectivity index (χ2v) is 7.11. The van der Waals surface area contributed by atoms with Crippen molar-refractivity contribution < 1.29 is 13.5 Å². The first-order valence-electron chi connectivity index (χ1n) is 9.63. The molecule has 0 unspecified atom stereocenters. The van der Waals surface area contributed by atoms with Crippen molar-refractivity contribution in [1.29, 1.82) is 0 Å². The first-order chi connectivity index (χ1) is 14.4. The molecule has 9 heteroatoms. The number of aryl methyl sites for hydroxylation is 1. The van der Waals surface area contributed by atoms with Crippen LogP contribution in [-0.2, 0) is 0 Å². The number of nitrogen functional groups attached to an aromatic ring is 1. The number of nitrogens with zero attached hydrogens (tertiary/aromatic N) is 3. The first kappa shape index (κ1) is 22.0. The van der Waals surface area contributed by atoms with Gasteiger partial charge < -0.3 is 15.8 Å². The van der Waals surface area contributed by atoms with Crippen LogP contribution in [0.15, 0.2) is 36.8 Å². The average molecular weight is 434 g/mol. The predicted octanol–water partition coefficient (Wildman–Crippen LogP) is 5.16. The van der Waals surface area contributed by atoms with Crippen molar-refractivity contribution in [3.05, 3.63) is 42.4 Å². The van der Waals surface area contributed by atoms with Crippen LogP contribution >= 0.6 is 12.6 Å². The van der Waals surface area contributed by atoms with Gasteiger partial charge in [0.15, 0.2) is 0 Å². The molecule has 0 amide bonds. The van der Waals surface area contributed by atoms with Gasteiger partial charge in [-0.2, -0.15) is 12.6 Å². The number of fused-ring (bicyclic) bond motifs is 1. The van der Waals surface area contributed by atoms with Crippen molar-refractivity contribution in [2.24, 2.45) is 0 Å². The number of benzene rings is 1. The molecule has 160 valence electrons. The Morgan fingerprint density at radius 1 is 1.17 bits per heavy atom. The molecular formula is C21H25F2N5OS. The lowest BCUT2D eigenvalue weighted by atomic mass is 9.94. The molecule has 3 N–H and O–H groups in total. The van der Waals surface area contributed by atoms with E-state index in [2.05, 4.69) is 32.9 Å². The van der Waals surface area contributed by atoms with Gasteiger partial charge in [0.05, 0.1) is 5.52 Å². The number of hydrogen-bond donors (Lipinski definition) is 3. The second kappa shape index (κ2) is 9.42. The van der Waals surface area contributed by atoms with Crippen molar-refractivity contribution in [3.63, 3.8) is 0 Å². The van der Waals surface area contributed by atoms with E-state index in [0.29, 0.717) is 35.9 Å². The van der Waals surface area contributed by atoms with Crippen LogP contribution in [0.25, 0.3) is 10.9 Å². The highest BCUT2D eigenvalue weighted by Gasteiger charge is 2.36. The largest absolute Gasteiger partial charge is 0.473 e. The van der Waals surface area contributed by atoms with E-state index in [1.54, 1.807) is 24.6 Å². The van der Waals surface area contributed by atoms with Gasteiger partial charge in [0, 0.05) is 30.1 Å². The van der Waals surface area contributed by atoms with Crippen LogP contribution in [0.5, 0.6) is 5.88 Å². The van der Waals surface area contributed by atoms with E-state index >= 15 is 0 Å². The van der Waals surface area contributed by atoms with Gasteiger partial charge in [0.1, 0.15) is 23.9 Å². The highest BCUT2D eigenvalue weighted by Crippen LogP contribution is 2.36. The number of pyridine rings is 1. The highest BCUT2D eigenvalue weighted by atomic mass is 32.1. The van der Waals surface area contributed by atoms with E-state index in [-0.39, 0.29) is 18.9 Å². The third-order valence-corrected chi connectivity index (χ3v) is 4.92. The standard InChI is InChI=1S/C20H21F2N5O.CH4S/c1-12-9-13(23)10-16-17(12)18(26-11-25-16)27-15-3-2-8-24-19(15)28-14-4-6-20(21,22)7-5-14;1-2/h2-3,8-11,14H,4-7,23H2,1H3,(H,25,26,27);2H,1H3. The summed E-state index contributed by atoms with van der Waals surface area (Å²) in [6.45, 7) is 1.94. The van der Waals surface area contributed by atoms with Crippen molar-refractivity contribution >= 4 is 40.7 Å². The van der Waals surface area contributed by atoms with Crippen LogP contribution in [0, 0.1) is 6.92 Å². The van der Waals surface area contributed by atoms with Gasteiger partial charge >= 0.3 is 0 Å². The summed E-state index contributed by atoms with van der Waals surface area (Å²) in [5, 5.41) is 4.10. The Kier molecular flexibility index (Phi) is 6.91. The summed E-state index contributed by atoms with van der Waals surface area (Å²) in [5.41, 5.74) is 8.84. The Balaban J connectivity index is 0.00000124. The molecule has 4 rings (SSSR count). The summed E-state index contributed by atoms with van der Waals surface area (Å²) in [4.78, 5) is 12.9. The molecule has 1 aliphatic carbocycles. The molecule has 0 radical (unpaired) electrons. The quantitative estimate of drug-likeness (QED) is 0.389.